The van der Waals surface area contributed by atoms with Crippen molar-refractivity contribution in [1.29, 1.82) is 0 Å². The number of hydrogen-bond donors (Lipinski definition) is 2. The average molecular weight is 385 g/mol. The smallest absolute Gasteiger partial charge is 0.256 e. The zero-order chi connectivity index (χ0) is 14.7. The van der Waals surface area contributed by atoms with Crippen LogP contribution in [0.2, 0.25) is 0 Å². The van der Waals surface area contributed by atoms with Crippen molar-refractivity contribution in [3.8, 4) is 0 Å². The lowest BCUT2D eigenvalue weighted by molar-refractivity contribution is 0.102. The zero-order valence-electron chi connectivity index (χ0n) is 10.7. The van der Waals surface area contributed by atoms with Gasteiger partial charge in [-0.15, -0.1) is 0 Å². The number of amides is 1. The Balaban J connectivity index is 2.28. The van der Waals surface area contributed by atoms with Gasteiger partial charge in [0.25, 0.3) is 5.91 Å². The van der Waals surface area contributed by atoms with Crippen molar-refractivity contribution in [3.63, 3.8) is 0 Å². The molecule has 0 bridgehead atoms. The summed E-state index contributed by atoms with van der Waals surface area (Å²) in [4.78, 5) is 12.2. The lowest BCUT2D eigenvalue weighted by atomic mass is 10.1. The molecule has 0 aliphatic rings. The van der Waals surface area contributed by atoms with Crippen molar-refractivity contribution >= 4 is 34.2 Å². The Morgan fingerprint density at radius 3 is 2.65 bits per heavy atom. The van der Waals surface area contributed by atoms with E-state index < -0.39 is 6.10 Å². The van der Waals surface area contributed by atoms with E-state index in [9.17, 15) is 14.3 Å². The van der Waals surface area contributed by atoms with Crippen LogP contribution >= 0.6 is 22.6 Å². The van der Waals surface area contributed by atoms with Gasteiger partial charge in [0.05, 0.1) is 11.7 Å². The van der Waals surface area contributed by atoms with Crippen LogP contribution < -0.4 is 5.32 Å². The highest BCUT2D eigenvalue weighted by Crippen LogP contribution is 2.23. The molecule has 0 fully saturated rings. The van der Waals surface area contributed by atoms with E-state index in [1.54, 1.807) is 31.2 Å². The molecule has 0 saturated carbocycles. The highest BCUT2D eigenvalue weighted by Gasteiger charge is 2.14. The van der Waals surface area contributed by atoms with Gasteiger partial charge in [-0.2, -0.15) is 0 Å². The van der Waals surface area contributed by atoms with E-state index in [1.165, 1.54) is 18.2 Å². The Morgan fingerprint density at radius 2 is 2.00 bits per heavy atom. The van der Waals surface area contributed by atoms with Crippen LogP contribution in [0.25, 0.3) is 0 Å². The second-order valence-electron chi connectivity index (χ2n) is 4.34. The zero-order valence-corrected chi connectivity index (χ0v) is 12.9. The minimum atomic E-state index is -0.682. The van der Waals surface area contributed by atoms with Crippen molar-refractivity contribution in [3.05, 3.63) is 63.0 Å². The number of hydrogen-bond acceptors (Lipinski definition) is 2. The lowest BCUT2D eigenvalue weighted by Gasteiger charge is -2.13. The predicted molar refractivity (Wildman–Crippen MR) is 84.1 cm³/mol. The van der Waals surface area contributed by atoms with Gasteiger partial charge >= 0.3 is 0 Å². The first-order valence-electron chi connectivity index (χ1n) is 6.02. The van der Waals surface area contributed by atoms with Crippen LogP contribution in [0.1, 0.15) is 28.9 Å². The van der Waals surface area contributed by atoms with E-state index in [2.05, 4.69) is 5.32 Å². The van der Waals surface area contributed by atoms with Gasteiger partial charge in [0.2, 0.25) is 0 Å². The number of halogens is 2. The highest BCUT2D eigenvalue weighted by atomic mass is 127. The summed E-state index contributed by atoms with van der Waals surface area (Å²) in [7, 11) is 0. The SMILES string of the molecule is CC(O)c1ccccc1NC(=O)c1ccc(F)cc1I. The molecule has 104 valence electrons. The molecule has 2 aromatic carbocycles. The largest absolute Gasteiger partial charge is 0.389 e. The van der Waals surface area contributed by atoms with Gasteiger partial charge < -0.3 is 10.4 Å². The third kappa shape index (κ3) is 3.34. The fourth-order valence-corrected chi connectivity index (χ4v) is 2.56. The fraction of sp³-hybridized carbons (Fsp3) is 0.133. The Labute approximate surface area is 130 Å². The molecule has 0 heterocycles. The number of para-hydroxylation sites is 1. The number of nitrogens with one attached hydrogen (secondary N) is 1. The van der Waals surface area contributed by atoms with E-state index in [4.69, 9.17) is 0 Å². The maximum atomic E-state index is 13.0. The molecule has 20 heavy (non-hydrogen) atoms. The molecule has 2 aromatic rings. The summed E-state index contributed by atoms with van der Waals surface area (Å²) in [5.41, 5.74) is 1.58. The second-order valence-corrected chi connectivity index (χ2v) is 5.50. The summed E-state index contributed by atoms with van der Waals surface area (Å²) in [6, 6.07) is 11.0. The molecule has 1 amide bonds. The van der Waals surface area contributed by atoms with Crippen LogP contribution in [0.4, 0.5) is 10.1 Å². The number of anilines is 1. The number of rotatable bonds is 3. The van der Waals surface area contributed by atoms with Gasteiger partial charge in [-0.1, -0.05) is 18.2 Å². The monoisotopic (exact) mass is 385 g/mol. The fourth-order valence-electron chi connectivity index (χ4n) is 1.84. The summed E-state index contributed by atoms with van der Waals surface area (Å²) >= 11 is 1.92. The Bertz CT molecular complexity index is 644. The lowest BCUT2D eigenvalue weighted by Crippen LogP contribution is -2.15. The van der Waals surface area contributed by atoms with Gasteiger partial charge in [0.1, 0.15) is 5.82 Å². The van der Waals surface area contributed by atoms with Crippen LogP contribution in [0, 0.1) is 9.39 Å². The van der Waals surface area contributed by atoms with E-state index >= 15 is 0 Å². The third-order valence-electron chi connectivity index (χ3n) is 2.83. The molecule has 0 saturated heterocycles. The summed E-state index contributed by atoms with van der Waals surface area (Å²) in [6.07, 6.45) is -0.682. The highest BCUT2D eigenvalue weighted by molar-refractivity contribution is 14.1. The summed E-state index contributed by atoms with van der Waals surface area (Å²) in [6.45, 7) is 1.63. The van der Waals surface area contributed by atoms with Gasteiger partial charge in [0, 0.05) is 14.8 Å². The van der Waals surface area contributed by atoms with Crippen molar-refractivity contribution in [2.75, 3.05) is 5.32 Å². The Hall–Kier alpha value is -1.47. The Kier molecular flexibility index (Phi) is 4.72. The molecule has 2 N–H and O–H groups in total. The van der Waals surface area contributed by atoms with Crippen LogP contribution in [0.15, 0.2) is 42.5 Å². The topological polar surface area (TPSA) is 49.3 Å². The quantitative estimate of drug-likeness (QED) is 0.792. The molecule has 0 aromatic heterocycles. The molecule has 2 rings (SSSR count). The Morgan fingerprint density at radius 1 is 1.30 bits per heavy atom. The van der Waals surface area contributed by atoms with Crippen LogP contribution in [-0.2, 0) is 0 Å². The maximum Gasteiger partial charge on any atom is 0.256 e. The van der Waals surface area contributed by atoms with Gasteiger partial charge in [-0.05, 0) is 53.8 Å². The molecule has 5 heteroatoms. The third-order valence-corrected chi connectivity index (χ3v) is 3.73. The van der Waals surface area contributed by atoms with Gasteiger partial charge in [-0.3, -0.25) is 4.79 Å². The number of aliphatic hydroxyl groups excluding tert-OH is 1. The van der Waals surface area contributed by atoms with Crippen molar-refractivity contribution < 1.29 is 14.3 Å². The molecule has 0 aliphatic carbocycles. The summed E-state index contributed by atoms with van der Waals surface area (Å²) < 4.78 is 13.6. The standard InChI is InChI=1S/C15H13FINO2/c1-9(19)11-4-2-3-5-14(11)18-15(20)12-7-6-10(16)8-13(12)17/h2-9,19H,1H3,(H,18,20). The minimum Gasteiger partial charge on any atom is -0.389 e. The average Bonchev–Trinajstić information content (AvgIpc) is 2.38. The van der Waals surface area contributed by atoms with Gasteiger partial charge in [-0.25, -0.2) is 4.39 Å². The van der Waals surface area contributed by atoms with Gasteiger partial charge in [0.15, 0.2) is 0 Å². The number of carbonyl (C=O) groups is 1. The summed E-state index contributed by atoms with van der Waals surface area (Å²) in [5.74, 6) is -0.710. The van der Waals surface area contributed by atoms with Crippen LogP contribution in [0.3, 0.4) is 0 Å². The van der Waals surface area contributed by atoms with E-state index in [0.717, 1.165) is 0 Å². The van der Waals surface area contributed by atoms with Crippen LogP contribution in [-0.4, -0.2) is 11.0 Å². The maximum absolute atomic E-state index is 13.0. The summed E-state index contributed by atoms with van der Waals surface area (Å²) in [5, 5.41) is 12.4. The molecule has 3 nitrogen and oxygen atoms in total. The first-order chi connectivity index (χ1) is 9.49. The molecule has 0 spiro atoms. The van der Waals surface area contributed by atoms with Crippen molar-refractivity contribution in [1.82, 2.24) is 0 Å². The normalized spacial score (nSPS) is 12.0. The van der Waals surface area contributed by atoms with E-state index in [1.807, 2.05) is 22.6 Å². The first kappa shape index (κ1) is 14.9. The molecular weight excluding hydrogens is 372 g/mol. The molecule has 0 radical (unpaired) electrons. The number of aliphatic hydroxyl groups is 1. The molecular formula is C15H13FINO2. The molecule has 1 atom stereocenters. The molecule has 0 aliphatic heterocycles. The number of carbonyl (C=O) groups excluding carboxylic acids is 1. The van der Waals surface area contributed by atoms with Crippen molar-refractivity contribution in [2.24, 2.45) is 0 Å². The second kappa shape index (κ2) is 6.32. The molecule has 1 unspecified atom stereocenters. The predicted octanol–water partition coefficient (Wildman–Crippen LogP) is 3.74. The van der Waals surface area contributed by atoms with Crippen molar-refractivity contribution in [2.45, 2.75) is 13.0 Å². The number of benzene rings is 2. The minimum absolute atomic E-state index is 0.331. The van der Waals surface area contributed by atoms with E-state index in [-0.39, 0.29) is 11.7 Å². The van der Waals surface area contributed by atoms with E-state index in [0.29, 0.717) is 20.4 Å². The first-order valence-corrected chi connectivity index (χ1v) is 7.10. The van der Waals surface area contributed by atoms with Crippen LogP contribution in [0.5, 0.6) is 0 Å².